The van der Waals surface area contributed by atoms with Crippen LogP contribution >= 0.6 is 11.6 Å². The molecule has 3 aromatic rings. The number of anilines is 1. The number of halogens is 1. The molecule has 1 N–H and O–H groups in total. The lowest BCUT2D eigenvalue weighted by Crippen LogP contribution is -2.51. The number of ether oxygens (including phenoxy) is 1. The molecule has 7 nitrogen and oxygen atoms in total. The summed E-state index contributed by atoms with van der Waals surface area (Å²) in [6, 6.07) is 21.0. The van der Waals surface area contributed by atoms with Crippen molar-refractivity contribution >= 4 is 40.0 Å². The second-order valence-corrected chi connectivity index (χ2v) is 9.79. The van der Waals surface area contributed by atoms with Gasteiger partial charge in [0.1, 0.15) is 0 Å². The van der Waals surface area contributed by atoms with E-state index in [2.05, 4.69) is 10.2 Å². The third kappa shape index (κ3) is 5.81. The third-order valence-corrected chi connectivity index (χ3v) is 7.09. The van der Waals surface area contributed by atoms with Crippen molar-refractivity contribution in [3.8, 4) is 0 Å². The monoisotopic (exact) mass is 506 g/mol. The summed E-state index contributed by atoms with van der Waals surface area (Å²) in [5, 5.41) is 5.59. The summed E-state index contributed by atoms with van der Waals surface area (Å²) in [4.78, 5) is 32.3. The van der Waals surface area contributed by atoms with Crippen molar-refractivity contribution in [3.63, 3.8) is 0 Å². The Bertz CT molecular complexity index is 1230. The fraction of sp³-hybridized carbons (Fsp3) is 0.357. The molecule has 3 aromatic carbocycles. The lowest BCUT2D eigenvalue weighted by Gasteiger charge is -2.35. The third-order valence-electron chi connectivity index (χ3n) is 6.86. The van der Waals surface area contributed by atoms with Gasteiger partial charge in [-0.25, -0.2) is 4.79 Å². The minimum Gasteiger partial charge on any atom is -0.373 e. The Morgan fingerprint density at radius 2 is 1.75 bits per heavy atom. The van der Waals surface area contributed by atoms with Crippen LogP contribution in [0.5, 0.6) is 0 Å². The SMILES string of the molecule is O=C(Nc1cccc(Cl)c1)N1CCO[C@@H](CN2CCCN(C(=O)c3cccc4ccccc34)CC2)C1. The summed E-state index contributed by atoms with van der Waals surface area (Å²) in [5.74, 6) is 0.0893. The van der Waals surface area contributed by atoms with Gasteiger partial charge in [0.05, 0.1) is 12.7 Å². The number of hydrogen-bond donors (Lipinski definition) is 1. The molecular formula is C28H31ClN4O3. The van der Waals surface area contributed by atoms with E-state index in [0.717, 1.165) is 48.9 Å². The minimum atomic E-state index is -0.145. The first-order chi connectivity index (χ1) is 17.6. The van der Waals surface area contributed by atoms with Gasteiger partial charge in [-0.15, -0.1) is 0 Å². The number of amides is 3. The highest BCUT2D eigenvalue weighted by Crippen LogP contribution is 2.21. The van der Waals surface area contributed by atoms with Crippen LogP contribution in [0.1, 0.15) is 16.8 Å². The number of nitrogens with zero attached hydrogens (tertiary/aromatic N) is 3. The molecule has 5 rings (SSSR count). The first-order valence-corrected chi connectivity index (χ1v) is 12.9. The Balaban J connectivity index is 1.16. The molecule has 0 radical (unpaired) electrons. The molecule has 1 atom stereocenters. The number of carbonyl (C=O) groups excluding carboxylic acids is 2. The van der Waals surface area contributed by atoms with E-state index >= 15 is 0 Å². The number of benzene rings is 3. The van der Waals surface area contributed by atoms with Gasteiger partial charge in [0.15, 0.2) is 0 Å². The van der Waals surface area contributed by atoms with Gasteiger partial charge in [-0.1, -0.05) is 54.1 Å². The van der Waals surface area contributed by atoms with E-state index in [1.165, 1.54) is 0 Å². The van der Waals surface area contributed by atoms with Crippen molar-refractivity contribution in [2.45, 2.75) is 12.5 Å². The number of rotatable bonds is 4. The van der Waals surface area contributed by atoms with Crippen molar-refractivity contribution in [1.82, 2.24) is 14.7 Å². The summed E-state index contributed by atoms with van der Waals surface area (Å²) in [6.07, 6.45) is 0.839. The summed E-state index contributed by atoms with van der Waals surface area (Å²) >= 11 is 6.03. The fourth-order valence-corrected chi connectivity index (χ4v) is 5.20. The topological polar surface area (TPSA) is 65.1 Å². The predicted octanol–water partition coefficient (Wildman–Crippen LogP) is 4.57. The quantitative estimate of drug-likeness (QED) is 0.563. The van der Waals surface area contributed by atoms with Gasteiger partial charge in [-0.2, -0.15) is 0 Å². The van der Waals surface area contributed by atoms with Crippen molar-refractivity contribution in [3.05, 3.63) is 77.3 Å². The van der Waals surface area contributed by atoms with Crippen LogP contribution in [0.15, 0.2) is 66.7 Å². The van der Waals surface area contributed by atoms with Gasteiger partial charge in [0.25, 0.3) is 5.91 Å². The molecule has 0 saturated carbocycles. The second-order valence-electron chi connectivity index (χ2n) is 9.35. The maximum absolute atomic E-state index is 13.4. The number of fused-ring (bicyclic) bond motifs is 1. The van der Waals surface area contributed by atoms with Gasteiger partial charge in [-0.05, 0) is 48.0 Å². The van der Waals surface area contributed by atoms with Crippen LogP contribution in [0.3, 0.4) is 0 Å². The predicted molar refractivity (Wildman–Crippen MR) is 143 cm³/mol. The molecule has 0 aromatic heterocycles. The van der Waals surface area contributed by atoms with Crippen LogP contribution in [-0.4, -0.2) is 85.2 Å². The number of hydrogen-bond acceptors (Lipinski definition) is 4. The summed E-state index contributed by atoms with van der Waals surface area (Å²) in [5.41, 5.74) is 1.44. The highest BCUT2D eigenvalue weighted by atomic mass is 35.5. The first-order valence-electron chi connectivity index (χ1n) is 12.5. The van der Waals surface area contributed by atoms with Crippen molar-refractivity contribution in [2.75, 3.05) is 57.7 Å². The van der Waals surface area contributed by atoms with Gasteiger partial charge < -0.3 is 19.9 Å². The van der Waals surface area contributed by atoms with Crippen LogP contribution in [0, 0.1) is 0 Å². The lowest BCUT2D eigenvalue weighted by atomic mass is 10.0. The lowest BCUT2D eigenvalue weighted by molar-refractivity contribution is -0.0283. The maximum Gasteiger partial charge on any atom is 0.322 e. The van der Waals surface area contributed by atoms with E-state index in [4.69, 9.17) is 16.3 Å². The smallest absolute Gasteiger partial charge is 0.322 e. The van der Waals surface area contributed by atoms with Crippen LogP contribution in [0.25, 0.3) is 10.8 Å². The van der Waals surface area contributed by atoms with Gasteiger partial charge in [-0.3, -0.25) is 9.69 Å². The largest absolute Gasteiger partial charge is 0.373 e. The summed E-state index contributed by atoms with van der Waals surface area (Å²) in [7, 11) is 0. The molecule has 36 heavy (non-hydrogen) atoms. The summed E-state index contributed by atoms with van der Waals surface area (Å²) < 4.78 is 6.00. The zero-order chi connectivity index (χ0) is 24.9. The van der Waals surface area contributed by atoms with Crippen LogP contribution in [0.2, 0.25) is 5.02 Å². The van der Waals surface area contributed by atoms with E-state index in [1.807, 2.05) is 59.5 Å². The Morgan fingerprint density at radius 1 is 0.917 bits per heavy atom. The molecule has 0 unspecified atom stereocenters. The molecule has 2 heterocycles. The molecular weight excluding hydrogens is 476 g/mol. The van der Waals surface area contributed by atoms with Crippen molar-refractivity contribution in [2.24, 2.45) is 0 Å². The molecule has 2 saturated heterocycles. The molecule has 8 heteroatoms. The van der Waals surface area contributed by atoms with Crippen LogP contribution in [0.4, 0.5) is 10.5 Å². The zero-order valence-electron chi connectivity index (χ0n) is 20.2. The van der Waals surface area contributed by atoms with Gasteiger partial charge in [0, 0.05) is 55.5 Å². The Morgan fingerprint density at radius 3 is 2.64 bits per heavy atom. The van der Waals surface area contributed by atoms with E-state index in [-0.39, 0.29) is 18.0 Å². The average molecular weight is 507 g/mol. The molecule has 188 valence electrons. The average Bonchev–Trinajstić information content (AvgIpc) is 3.14. The Hall–Kier alpha value is -3.13. The van der Waals surface area contributed by atoms with E-state index in [9.17, 15) is 9.59 Å². The molecule has 2 fully saturated rings. The summed E-state index contributed by atoms with van der Waals surface area (Å²) in [6.45, 7) is 5.41. The molecule has 2 aliphatic rings. The fourth-order valence-electron chi connectivity index (χ4n) is 5.01. The molecule has 3 amide bonds. The van der Waals surface area contributed by atoms with E-state index in [1.54, 1.807) is 17.0 Å². The standard InChI is InChI=1S/C28H31ClN4O3/c29-22-8-4-9-23(18-22)30-28(35)33-16-17-36-24(20-33)19-31-12-5-13-32(15-14-31)27(34)26-11-3-7-21-6-1-2-10-25(21)26/h1-4,6-11,18,24H,5,12-17,19-20H2,(H,30,35)/t24-/m0/s1. The number of carbonyl (C=O) groups is 2. The van der Waals surface area contributed by atoms with Crippen molar-refractivity contribution in [1.29, 1.82) is 0 Å². The highest BCUT2D eigenvalue weighted by Gasteiger charge is 2.28. The maximum atomic E-state index is 13.4. The highest BCUT2D eigenvalue weighted by molar-refractivity contribution is 6.30. The number of morpholine rings is 1. The molecule has 2 aliphatic heterocycles. The first kappa shape index (κ1) is 24.6. The van der Waals surface area contributed by atoms with E-state index < -0.39 is 0 Å². The molecule has 0 bridgehead atoms. The van der Waals surface area contributed by atoms with Crippen molar-refractivity contribution < 1.29 is 14.3 Å². The minimum absolute atomic E-state index is 0.0656. The molecule has 0 aliphatic carbocycles. The Labute approximate surface area is 216 Å². The van der Waals surface area contributed by atoms with Gasteiger partial charge >= 0.3 is 6.03 Å². The second kappa shape index (κ2) is 11.3. The Kier molecular flexibility index (Phi) is 7.70. The molecule has 0 spiro atoms. The van der Waals surface area contributed by atoms with E-state index in [0.29, 0.717) is 37.0 Å². The van der Waals surface area contributed by atoms with Gasteiger partial charge in [0.2, 0.25) is 0 Å². The normalized spacial score (nSPS) is 19.2. The number of urea groups is 1. The van der Waals surface area contributed by atoms with Crippen LogP contribution in [-0.2, 0) is 4.74 Å². The zero-order valence-corrected chi connectivity index (χ0v) is 21.0. The van der Waals surface area contributed by atoms with Crippen LogP contribution < -0.4 is 5.32 Å². The number of nitrogens with one attached hydrogen (secondary N) is 1.